The van der Waals surface area contributed by atoms with E-state index in [1.807, 2.05) is 0 Å². The first-order chi connectivity index (χ1) is 8.03. The molecule has 92 valence electrons. The van der Waals surface area contributed by atoms with Crippen molar-refractivity contribution in [2.75, 3.05) is 20.0 Å². The second-order valence-corrected chi connectivity index (χ2v) is 4.14. The summed E-state index contributed by atoms with van der Waals surface area (Å²) in [6.07, 6.45) is -4.32. The van der Waals surface area contributed by atoms with Crippen molar-refractivity contribution in [3.8, 4) is 11.5 Å². The second-order valence-electron chi connectivity index (χ2n) is 4.14. The minimum atomic E-state index is -4.32. The van der Waals surface area contributed by atoms with Crippen molar-refractivity contribution in [1.29, 1.82) is 0 Å². The van der Waals surface area contributed by atoms with Gasteiger partial charge >= 0.3 is 6.18 Å². The van der Waals surface area contributed by atoms with Gasteiger partial charge in [0, 0.05) is 0 Å². The molecule has 2 aliphatic rings. The monoisotopic (exact) mass is 246 g/mol. The van der Waals surface area contributed by atoms with E-state index >= 15 is 0 Å². The molecule has 1 saturated heterocycles. The Bertz CT molecular complexity index is 452. The third-order valence-electron chi connectivity index (χ3n) is 3.16. The van der Waals surface area contributed by atoms with Crippen LogP contribution in [0.1, 0.15) is 5.56 Å². The van der Waals surface area contributed by atoms with Gasteiger partial charge in [-0.15, -0.1) is 0 Å². The van der Waals surface area contributed by atoms with Gasteiger partial charge < -0.3 is 14.2 Å². The van der Waals surface area contributed by atoms with Crippen LogP contribution in [0.15, 0.2) is 18.2 Å². The molecule has 17 heavy (non-hydrogen) atoms. The Hall–Kier alpha value is -1.43. The summed E-state index contributed by atoms with van der Waals surface area (Å²) in [5.74, 6) is 0.837. The van der Waals surface area contributed by atoms with Gasteiger partial charge in [-0.3, -0.25) is 0 Å². The molecule has 1 aromatic rings. The molecule has 0 unspecified atom stereocenters. The SMILES string of the molecule is FC(F)(F)C1(c2ccc3c(c2)OCO3)COC1. The zero-order valence-electron chi connectivity index (χ0n) is 8.71. The number of benzene rings is 1. The van der Waals surface area contributed by atoms with Gasteiger partial charge in [0.1, 0.15) is 5.41 Å². The minimum Gasteiger partial charge on any atom is -0.454 e. The summed E-state index contributed by atoms with van der Waals surface area (Å²) in [4.78, 5) is 0. The highest BCUT2D eigenvalue weighted by molar-refractivity contribution is 5.47. The molecule has 0 radical (unpaired) electrons. The average molecular weight is 246 g/mol. The summed E-state index contributed by atoms with van der Waals surface area (Å²) < 4.78 is 54.0. The Morgan fingerprint density at radius 1 is 1.06 bits per heavy atom. The van der Waals surface area contributed by atoms with Crippen molar-refractivity contribution in [3.05, 3.63) is 23.8 Å². The van der Waals surface area contributed by atoms with Gasteiger partial charge in [-0.05, 0) is 17.7 Å². The maximum absolute atomic E-state index is 13.0. The fourth-order valence-corrected chi connectivity index (χ4v) is 1.99. The van der Waals surface area contributed by atoms with Gasteiger partial charge in [-0.1, -0.05) is 6.07 Å². The maximum Gasteiger partial charge on any atom is 0.402 e. The van der Waals surface area contributed by atoms with Crippen molar-refractivity contribution >= 4 is 0 Å². The third-order valence-corrected chi connectivity index (χ3v) is 3.16. The molecule has 1 fully saturated rings. The number of hydrogen-bond donors (Lipinski definition) is 0. The van der Waals surface area contributed by atoms with E-state index < -0.39 is 11.6 Å². The van der Waals surface area contributed by atoms with Crippen LogP contribution < -0.4 is 9.47 Å². The number of alkyl halides is 3. The average Bonchev–Trinajstić information content (AvgIpc) is 2.60. The maximum atomic E-state index is 13.0. The fraction of sp³-hybridized carbons (Fsp3) is 0.455. The van der Waals surface area contributed by atoms with E-state index in [0.717, 1.165) is 0 Å². The van der Waals surface area contributed by atoms with Gasteiger partial charge in [0.2, 0.25) is 6.79 Å². The molecule has 1 aromatic carbocycles. The second kappa shape index (κ2) is 3.29. The Morgan fingerprint density at radius 3 is 2.35 bits per heavy atom. The Balaban J connectivity index is 2.03. The zero-order valence-corrected chi connectivity index (χ0v) is 8.71. The predicted octanol–water partition coefficient (Wildman–Crippen LogP) is 2.25. The van der Waals surface area contributed by atoms with Crippen molar-refractivity contribution in [2.24, 2.45) is 0 Å². The molecule has 0 aromatic heterocycles. The van der Waals surface area contributed by atoms with E-state index in [4.69, 9.17) is 14.2 Å². The summed E-state index contributed by atoms with van der Waals surface area (Å²) in [6, 6.07) is 4.31. The van der Waals surface area contributed by atoms with E-state index in [-0.39, 0.29) is 25.6 Å². The Labute approximate surface area is 95.1 Å². The van der Waals surface area contributed by atoms with E-state index in [2.05, 4.69) is 0 Å². The molecule has 0 atom stereocenters. The largest absolute Gasteiger partial charge is 0.454 e. The number of halogens is 3. The number of fused-ring (bicyclic) bond motifs is 1. The predicted molar refractivity (Wildman–Crippen MR) is 51.1 cm³/mol. The summed E-state index contributed by atoms with van der Waals surface area (Å²) in [5.41, 5.74) is -1.73. The first-order valence-corrected chi connectivity index (χ1v) is 5.08. The fourth-order valence-electron chi connectivity index (χ4n) is 1.99. The van der Waals surface area contributed by atoms with Crippen molar-refractivity contribution in [2.45, 2.75) is 11.6 Å². The molecule has 2 aliphatic heterocycles. The highest BCUT2D eigenvalue weighted by atomic mass is 19.4. The van der Waals surface area contributed by atoms with Gasteiger partial charge in [-0.25, -0.2) is 0 Å². The molecule has 6 heteroatoms. The van der Waals surface area contributed by atoms with Crippen LogP contribution in [0.2, 0.25) is 0 Å². The summed E-state index contributed by atoms with van der Waals surface area (Å²) in [5, 5.41) is 0. The molecule has 0 N–H and O–H groups in total. The van der Waals surface area contributed by atoms with Crippen LogP contribution in [-0.2, 0) is 10.2 Å². The van der Waals surface area contributed by atoms with E-state index in [1.165, 1.54) is 18.2 Å². The minimum absolute atomic E-state index is 0.0499. The topological polar surface area (TPSA) is 27.7 Å². The molecule has 0 saturated carbocycles. The number of ether oxygens (including phenoxy) is 3. The highest BCUT2D eigenvalue weighted by Gasteiger charge is 2.61. The van der Waals surface area contributed by atoms with Crippen LogP contribution in [0.4, 0.5) is 13.2 Å². The van der Waals surface area contributed by atoms with Gasteiger partial charge in [0.25, 0.3) is 0 Å². The van der Waals surface area contributed by atoms with E-state index in [9.17, 15) is 13.2 Å². The molecule has 0 bridgehead atoms. The lowest BCUT2D eigenvalue weighted by atomic mass is 9.78. The van der Waals surface area contributed by atoms with Crippen LogP contribution in [0.25, 0.3) is 0 Å². The summed E-state index contributed by atoms with van der Waals surface area (Å²) in [7, 11) is 0. The molecule has 3 nitrogen and oxygen atoms in total. The lowest BCUT2D eigenvalue weighted by Crippen LogP contribution is -2.57. The standard InChI is InChI=1S/C11H9F3O3/c12-11(13,14)10(4-15-5-10)7-1-2-8-9(3-7)17-6-16-8/h1-3H,4-6H2. The first kappa shape index (κ1) is 10.7. The van der Waals surface area contributed by atoms with Crippen LogP contribution in [-0.4, -0.2) is 26.2 Å². The molecule has 0 aliphatic carbocycles. The van der Waals surface area contributed by atoms with Crippen LogP contribution in [0.5, 0.6) is 11.5 Å². The van der Waals surface area contributed by atoms with Gasteiger partial charge in [0.05, 0.1) is 13.2 Å². The van der Waals surface area contributed by atoms with Crippen molar-refractivity contribution < 1.29 is 27.4 Å². The lowest BCUT2D eigenvalue weighted by molar-refractivity contribution is -0.262. The highest BCUT2D eigenvalue weighted by Crippen LogP contribution is 2.48. The normalized spacial score (nSPS) is 21.1. The molecular weight excluding hydrogens is 237 g/mol. The molecule has 0 amide bonds. The molecule has 3 rings (SSSR count). The van der Waals surface area contributed by atoms with Gasteiger partial charge in [0.15, 0.2) is 11.5 Å². The molecular formula is C11H9F3O3. The van der Waals surface area contributed by atoms with Crippen molar-refractivity contribution in [3.63, 3.8) is 0 Å². The van der Waals surface area contributed by atoms with Crippen molar-refractivity contribution in [1.82, 2.24) is 0 Å². The van der Waals surface area contributed by atoms with E-state index in [1.54, 1.807) is 0 Å². The van der Waals surface area contributed by atoms with Gasteiger partial charge in [-0.2, -0.15) is 13.2 Å². The molecule has 2 heterocycles. The Morgan fingerprint density at radius 2 is 1.76 bits per heavy atom. The summed E-state index contributed by atoms with van der Waals surface area (Å²) >= 11 is 0. The lowest BCUT2D eigenvalue weighted by Gasteiger charge is -2.43. The van der Waals surface area contributed by atoms with Crippen LogP contribution in [0.3, 0.4) is 0 Å². The third kappa shape index (κ3) is 1.40. The van der Waals surface area contributed by atoms with Crippen LogP contribution >= 0.6 is 0 Å². The summed E-state index contributed by atoms with van der Waals surface area (Å²) in [6.45, 7) is -0.624. The number of hydrogen-bond acceptors (Lipinski definition) is 3. The van der Waals surface area contributed by atoms with E-state index in [0.29, 0.717) is 11.5 Å². The first-order valence-electron chi connectivity index (χ1n) is 5.08. The molecule has 0 spiro atoms. The zero-order chi connectivity index (χ0) is 12.1. The smallest absolute Gasteiger partial charge is 0.402 e. The number of rotatable bonds is 1. The Kier molecular flexibility index (Phi) is 2.07. The van der Waals surface area contributed by atoms with Crippen LogP contribution in [0, 0.1) is 0 Å². The quantitative estimate of drug-likeness (QED) is 0.760.